The lowest BCUT2D eigenvalue weighted by atomic mass is 9.80. The van der Waals surface area contributed by atoms with E-state index < -0.39 is 0 Å². The Balaban J connectivity index is 2.82. The van der Waals surface area contributed by atoms with Crippen molar-refractivity contribution >= 4 is 21.7 Å². The van der Waals surface area contributed by atoms with Gasteiger partial charge in [0.05, 0.1) is 0 Å². The molecule has 1 rings (SSSR count). The largest absolute Gasteiger partial charge is 0.299 e. The van der Waals surface area contributed by atoms with E-state index in [0.29, 0.717) is 0 Å². The highest BCUT2D eigenvalue weighted by Gasteiger charge is 2.26. The molecule has 1 atom stereocenters. The molecule has 1 aliphatic rings. The highest BCUT2D eigenvalue weighted by molar-refractivity contribution is 9.11. The fourth-order valence-electron chi connectivity index (χ4n) is 0.970. The number of Topliss-reactive ketones (excluding diaryl/α,β-unsaturated/α-hetero) is 1. The molecule has 0 saturated carbocycles. The Morgan fingerprint density at radius 1 is 1.73 bits per heavy atom. The monoisotopic (exact) mass is 214 g/mol. The van der Waals surface area contributed by atoms with E-state index in [1.165, 1.54) is 0 Å². The molecule has 1 aliphatic carbocycles. The van der Waals surface area contributed by atoms with Crippen molar-refractivity contribution in [1.82, 2.24) is 0 Å². The first-order valence-corrected chi connectivity index (χ1v) is 4.40. The first-order chi connectivity index (χ1) is 5.04. The van der Waals surface area contributed by atoms with E-state index in [1.54, 1.807) is 6.92 Å². The maximum absolute atomic E-state index is 11.1. The number of ketones is 1. The van der Waals surface area contributed by atoms with Gasteiger partial charge >= 0.3 is 0 Å². The predicted molar refractivity (Wildman–Crippen MR) is 49.6 cm³/mol. The average molecular weight is 215 g/mol. The van der Waals surface area contributed by atoms with Crippen molar-refractivity contribution in [2.75, 3.05) is 0 Å². The van der Waals surface area contributed by atoms with Gasteiger partial charge in [0.1, 0.15) is 5.78 Å². The van der Waals surface area contributed by atoms with Crippen LogP contribution in [0.4, 0.5) is 0 Å². The molecule has 0 aromatic rings. The van der Waals surface area contributed by atoms with Crippen LogP contribution in [0.2, 0.25) is 0 Å². The van der Waals surface area contributed by atoms with Crippen molar-refractivity contribution in [3.63, 3.8) is 0 Å². The van der Waals surface area contributed by atoms with Gasteiger partial charge in [-0.05, 0) is 20.3 Å². The lowest BCUT2D eigenvalue weighted by Crippen LogP contribution is -2.23. The maximum atomic E-state index is 11.1. The molecule has 0 N–H and O–H groups in total. The molecule has 0 spiro atoms. The van der Waals surface area contributed by atoms with E-state index in [0.717, 1.165) is 10.9 Å². The lowest BCUT2D eigenvalue weighted by molar-refractivity contribution is -0.123. The van der Waals surface area contributed by atoms with Gasteiger partial charge in [0, 0.05) is 9.90 Å². The lowest BCUT2D eigenvalue weighted by Gasteiger charge is -2.23. The molecule has 0 aliphatic heterocycles. The molecule has 0 heterocycles. The number of carbonyl (C=O) groups excluding carboxylic acids is 1. The second-order valence-electron chi connectivity index (χ2n) is 3.10. The van der Waals surface area contributed by atoms with Gasteiger partial charge < -0.3 is 0 Å². The summed E-state index contributed by atoms with van der Waals surface area (Å²) in [6, 6.07) is 0. The second-order valence-corrected chi connectivity index (χ2v) is 4.02. The summed E-state index contributed by atoms with van der Waals surface area (Å²) in [4.78, 5) is 11.1. The van der Waals surface area contributed by atoms with E-state index in [9.17, 15) is 4.79 Å². The zero-order valence-electron chi connectivity index (χ0n) is 6.73. The average Bonchev–Trinajstić information content (AvgIpc) is 1.95. The molecule has 0 bridgehead atoms. The third-order valence-corrected chi connectivity index (χ3v) is 2.72. The van der Waals surface area contributed by atoms with Crippen LogP contribution in [0.1, 0.15) is 20.3 Å². The third kappa shape index (κ3) is 1.80. The molecular weight excluding hydrogens is 204 g/mol. The van der Waals surface area contributed by atoms with E-state index in [-0.39, 0.29) is 11.2 Å². The molecule has 0 aromatic heterocycles. The molecular formula is C9H11BrO. The van der Waals surface area contributed by atoms with Crippen molar-refractivity contribution < 1.29 is 4.79 Å². The van der Waals surface area contributed by atoms with Crippen molar-refractivity contribution in [3.05, 3.63) is 22.7 Å². The number of carbonyl (C=O) groups is 1. The summed E-state index contributed by atoms with van der Waals surface area (Å²) in [7, 11) is 0. The van der Waals surface area contributed by atoms with Crippen molar-refractivity contribution in [2.24, 2.45) is 5.41 Å². The van der Waals surface area contributed by atoms with Gasteiger partial charge in [0.15, 0.2) is 0 Å². The van der Waals surface area contributed by atoms with Crippen LogP contribution in [-0.4, -0.2) is 5.78 Å². The number of hydrogen-bond donors (Lipinski definition) is 0. The fourth-order valence-corrected chi connectivity index (χ4v) is 1.26. The molecule has 1 nitrogen and oxygen atoms in total. The van der Waals surface area contributed by atoms with Gasteiger partial charge in [0.2, 0.25) is 0 Å². The van der Waals surface area contributed by atoms with E-state index >= 15 is 0 Å². The molecule has 0 radical (unpaired) electrons. The Morgan fingerprint density at radius 2 is 2.36 bits per heavy atom. The number of rotatable bonds is 1. The molecule has 0 fully saturated rings. The molecule has 1 unspecified atom stereocenters. The van der Waals surface area contributed by atoms with Crippen LogP contribution in [0.3, 0.4) is 0 Å². The predicted octanol–water partition coefficient (Wildman–Crippen LogP) is 2.82. The quantitative estimate of drug-likeness (QED) is 0.657. The van der Waals surface area contributed by atoms with E-state index in [2.05, 4.69) is 15.9 Å². The summed E-state index contributed by atoms with van der Waals surface area (Å²) >= 11 is 3.35. The smallest absolute Gasteiger partial charge is 0.139 e. The van der Waals surface area contributed by atoms with Gasteiger partial charge in [-0.1, -0.05) is 34.2 Å². The zero-order valence-corrected chi connectivity index (χ0v) is 8.31. The minimum atomic E-state index is -0.267. The zero-order chi connectivity index (χ0) is 8.48. The normalized spacial score (nSPS) is 29.9. The van der Waals surface area contributed by atoms with Gasteiger partial charge in [-0.25, -0.2) is 0 Å². The Morgan fingerprint density at radius 3 is 2.73 bits per heavy atom. The minimum Gasteiger partial charge on any atom is -0.299 e. The Kier molecular flexibility index (Phi) is 2.33. The Bertz CT molecular complexity index is 240. The Labute approximate surface area is 75.3 Å². The maximum Gasteiger partial charge on any atom is 0.139 e. The van der Waals surface area contributed by atoms with Crippen LogP contribution in [0.5, 0.6) is 0 Å². The van der Waals surface area contributed by atoms with Crippen LogP contribution < -0.4 is 0 Å². The molecule has 2 heteroatoms. The Hall–Kier alpha value is -0.370. The second kappa shape index (κ2) is 2.94. The van der Waals surface area contributed by atoms with Crippen LogP contribution in [0.25, 0.3) is 0 Å². The molecule has 60 valence electrons. The highest BCUT2D eigenvalue weighted by Crippen LogP contribution is 2.31. The van der Waals surface area contributed by atoms with Crippen LogP contribution in [0, 0.1) is 5.41 Å². The third-order valence-electron chi connectivity index (χ3n) is 2.14. The summed E-state index contributed by atoms with van der Waals surface area (Å²) in [6.45, 7) is 3.60. The standard InChI is InChI=1S/C9H11BrO/c1-7(11)9(2)5-3-8(10)4-6-9/h3-5H,6H2,1-2H3. The van der Waals surface area contributed by atoms with E-state index in [4.69, 9.17) is 0 Å². The summed E-state index contributed by atoms with van der Waals surface area (Å²) in [5.41, 5.74) is -0.267. The van der Waals surface area contributed by atoms with Gasteiger partial charge in [-0.2, -0.15) is 0 Å². The summed E-state index contributed by atoms with van der Waals surface area (Å²) in [5, 5.41) is 0. The van der Waals surface area contributed by atoms with Gasteiger partial charge in [-0.3, -0.25) is 4.79 Å². The van der Waals surface area contributed by atoms with Crippen molar-refractivity contribution in [1.29, 1.82) is 0 Å². The van der Waals surface area contributed by atoms with Crippen molar-refractivity contribution in [2.45, 2.75) is 20.3 Å². The number of allylic oxidation sites excluding steroid dienone is 4. The highest BCUT2D eigenvalue weighted by atomic mass is 79.9. The molecule has 11 heavy (non-hydrogen) atoms. The first-order valence-electron chi connectivity index (χ1n) is 3.60. The molecule has 0 aromatic carbocycles. The fraction of sp³-hybridized carbons (Fsp3) is 0.444. The van der Waals surface area contributed by atoms with E-state index in [1.807, 2.05) is 25.2 Å². The van der Waals surface area contributed by atoms with Crippen LogP contribution >= 0.6 is 15.9 Å². The summed E-state index contributed by atoms with van der Waals surface area (Å²) < 4.78 is 1.07. The summed E-state index contributed by atoms with van der Waals surface area (Å²) in [6.07, 6.45) is 6.73. The SMILES string of the molecule is CC(=O)C1(C)C=CC(Br)=CC1. The van der Waals surface area contributed by atoms with Gasteiger partial charge in [-0.15, -0.1) is 0 Å². The first kappa shape index (κ1) is 8.72. The topological polar surface area (TPSA) is 17.1 Å². The van der Waals surface area contributed by atoms with Gasteiger partial charge in [0.25, 0.3) is 0 Å². The van der Waals surface area contributed by atoms with Crippen LogP contribution in [-0.2, 0) is 4.79 Å². The molecule has 0 amide bonds. The van der Waals surface area contributed by atoms with Crippen molar-refractivity contribution in [3.8, 4) is 0 Å². The molecule has 0 saturated heterocycles. The van der Waals surface area contributed by atoms with Crippen LogP contribution in [0.15, 0.2) is 22.7 Å². The minimum absolute atomic E-state index is 0.227. The number of halogens is 1. The summed E-state index contributed by atoms with van der Waals surface area (Å²) in [5.74, 6) is 0.227. The number of hydrogen-bond acceptors (Lipinski definition) is 1.